The number of carbonyl (C=O) groups excluding carboxylic acids is 1. The highest BCUT2D eigenvalue weighted by molar-refractivity contribution is 5.73. The minimum absolute atomic E-state index is 0.0116. The van der Waals surface area contributed by atoms with Crippen molar-refractivity contribution in [3.05, 3.63) is 23.8 Å². The molecule has 0 fully saturated rings. The van der Waals surface area contributed by atoms with E-state index in [1.165, 1.54) is 6.92 Å². The molecule has 1 aliphatic rings. The molecule has 4 nitrogen and oxygen atoms in total. The third-order valence-corrected chi connectivity index (χ3v) is 3.31. The number of nitrogens with one attached hydrogen (secondary N) is 1. The van der Waals surface area contributed by atoms with E-state index in [9.17, 15) is 4.79 Å². The van der Waals surface area contributed by atoms with Gasteiger partial charge in [0, 0.05) is 25.3 Å². The normalized spacial score (nSPS) is 14.7. The van der Waals surface area contributed by atoms with Crippen LogP contribution in [0.5, 0.6) is 11.5 Å². The zero-order chi connectivity index (χ0) is 13.9. The molecule has 1 aromatic carbocycles. The molecule has 1 aromatic rings. The molecule has 0 bridgehead atoms. The van der Waals surface area contributed by atoms with E-state index >= 15 is 0 Å². The Bertz CT molecular complexity index is 468. The topological polar surface area (TPSA) is 47.6 Å². The molecule has 0 saturated carbocycles. The van der Waals surface area contributed by atoms with Crippen LogP contribution in [0.2, 0.25) is 0 Å². The molecule has 0 radical (unpaired) electrons. The summed E-state index contributed by atoms with van der Waals surface area (Å²) in [5, 5.41) is 2.87. The van der Waals surface area contributed by atoms with Crippen molar-refractivity contribution in [2.45, 2.75) is 32.6 Å². The first-order valence-electron chi connectivity index (χ1n) is 6.63. The number of ether oxygens (including phenoxy) is 2. The molecule has 0 atom stereocenters. The lowest BCUT2D eigenvalue weighted by atomic mass is 9.84. The molecule has 104 valence electrons. The summed E-state index contributed by atoms with van der Waals surface area (Å²) in [7, 11) is 0. The van der Waals surface area contributed by atoms with Gasteiger partial charge in [-0.15, -0.1) is 0 Å². The predicted octanol–water partition coefficient (Wildman–Crippen LogP) is 2.26. The number of carbonyl (C=O) groups is 1. The van der Waals surface area contributed by atoms with Crippen molar-refractivity contribution in [3.63, 3.8) is 0 Å². The van der Waals surface area contributed by atoms with Crippen molar-refractivity contribution < 1.29 is 14.3 Å². The average Bonchev–Trinajstić information content (AvgIpc) is 2.60. The lowest BCUT2D eigenvalue weighted by Crippen LogP contribution is -2.35. The minimum Gasteiger partial charge on any atom is -0.490 e. The van der Waals surface area contributed by atoms with Crippen LogP contribution >= 0.6 is 0 Å². The van der Waals surface area contributed by atoms with Crippen molar-refractivity contribution >= 4 is 5.91 Å². The Kier molecular flexibility index (Phi) is 3.98. The molecule has 4 heteroatoms. The highest BCUT2D eigenvalue weighted by atomic mass is 16.5. The Hall–Kier alpha value is -1.71. The van der Waals surface area contributed by atoms with Crippen LogP contribution < -0.4 is 14.8 Å². The third kappa shape index (κ3) is 3.40. The molecule has 1 amide bonds. The largest absolute Gasteiger partial charge is 0.490 e. The van der Waals surface area contributed by atoms with Gasteiger partial charge in [0.2, 0.25) is 5.91 Å². The fraction of sp³-hybridized carbons (Fsp3) is 0.533. The van der Waals surface area contributed by atoms with E-state index < -0.39 is 0 Å². The van der Waals surface area contributed by atoms with E-state index in [2.05, 4.69) is 19.2 Å². The fourth-order valence-corrected chi connectivity index (χ4v) is 2.03. The van der Waals surface area contributed by atoms with Gasteiger partial charge in [-0.05, 0) is 17.7 Å². The molecule has 0 aromatic heterocycles. The molecule has 19 heavy (non-hydrogen) atoms. The molecule has 0 unspecified atom stereocenters. The maximum Gasteiger partial charge on any atom is 0.216 e. The molecule has 1 heterocycles. The number of fused-ring (bicyclic) bond motifs is 1. The number of hydrogen-bond donors (Lipinski definition) is 1. The van der Waals surface area contributed by atoms with Gasteiger partial charge in [-0.2, -0.15) is 0 Å². The molecule has 0 saturated heterocycles. The summed E-state index contributed by atoms with van der Waals surface area (Å²) in [5.41, 5.74) is 0.988. The summed E-state index contributed by atoms with van der Waals surface area (Å²) in [6.07, 6.45) is 0.902. The Morgan fingerprint density at radius 2 is 1.95 bits per heavy atom. The van der Waals surface area contributed by atoms with Gasteiger partial charge < -0.3 is 14.8 Å². The van der Waals surface area contributed by atoms with Crippen LogP contribution in [0.3, 0.4) is 0 Å². The van der Waals surface area contributed by atoms with Crippen LogP contribution in [0.4, 0.5) is 0 Å². The van der Waals surface area contributed by atoms with Crippen molar-refractivity contribution in [1.29, 1.82) is 0 Å². The average molecular weight is 263 g/mol. The van der Waals surface area contributed by atoms with Crippen LogP contribution in [0.25, 0.3) is 0 Å². The van der Waals surface area contributed by atoms with E-state index in [1.54, 1.807) is 0 Å². The molecule has 1 aliphatic heterocycles. The van der Waals surface area contributed by atoms with Gasteiger partial charge in [-0.3, -0.25) is 4.79 Å². The summed E-state index contributed by atoms with van der Waals surface area (Å²) in [6.45, 7) is 7.71. The third-order valence-electron chi connectivity index (χ3n) is 3.31. The Labute approximate surface area is 114 Å². The summed E-state index contributed by atoms with van der Waals surface area (Å²) in [4.78, 5) is 11.0. The Balaban J connectivity index is 2.20. The molecular formula is C15H21NO3. The fourth-order valence-electron chi connectivity index (χ4n) is 2.03. The second kappa shape index (κ2) is 5.51. The predicted molar refractivity (Wildman–Crippen MR) is 73.8 cm³/mol. The van der Waals surface area contributed by atoms with E-state index in [0.29, 0.717) is 19.8 Å². The number of benzene rings is 1. The monoisotopic (exact) mass is 263 g/mol. The van der Waals surface area contributed by atoms with Gasteiger partial charge in [0.15, 0.2) is 11.5 Å². The standard InChI is InChI=1S/C15H21NO3/c1-11(17)16-10-15(2,3)12-5-6-13-14(9-12)19-8-4-7-18-13/h5-6,9H,4,7-8,10H2,1-3H3,(H,16,17). The summed E-state index contributed by atoms with van der Waals surface area (Å²) < 4.78 is 11.3. The lowest BCUT2D eigenvalue weighted by Gasteiger charge is -2.26. The first kappa shape index (κ1) is 13.7. The van der Waals surface area contributed by atoms with E-state index in [0.717, 1.165) is 23.5 Å². The SMILES string of the molecule is CC(=O)NCC(C)(C)c1ccc2c(c1)OCCCO2. The lowest BCUT2D eigenvalue weighted by molar-refractivity contribution is -0.119. The van der Waals surface area contributed by atoms with Gasteiger partial charge in [-0.25, -0.2) is 0 Å². The van der Waals surface area contributed by atoms with Crippen LogP contribution in [0.1, 0.15) is 32.8 Å². The van der Waals surface area contributed by atoms with E-state index in [4.69, 9.17) is 9.47 Å². The van der Waals surface area contributed by atoms with Gasteiger partial charge in [-0.1, -0.05) is 19.9 Å². The van der Waals surface area contributed by atoms with Crippen molar-refractivity contribution in [1.82, 2.24) is 5.32 Å². The molecule has 1 N–H and O–H groups in total. The van der Waals surface area contributed by atoms with E-state index in [1.807, 2.05) is 18.2 Å². The zero-order valence-corrected chi connectivity index (χ0v) is 11.8. The smallest absolute Gasteiger partial charge is 0.216 e. The van der Waals surface area contributed by atoms with Crippen molar-refractivity contribution in [3.8, 4) is 11.5 Å². The molecular weight excluding hydrogens is 242 g/mol. The van der Waals surface area contributed by atoms with Crippen LogP contribution in [0.15, 0.2) is 18.2 Å². The molecule has 0 aliphatic carbocycles. The summed E-state index contributed by atoms with van der Waals surface area (Å²) in [6, 6.07) is 6.00. The van der Waals surface area contributed by atoms with Crippen molar-refractivity contribution in [2.24, 2.45) is 0 Å². The van der Waals surface area contributed by atoms with Crippen LogP contribution in [-0.2, 0) is 10.2 Å². The zero-order valence-electron chi connectivity index (χ0n) is 11.8. The summed E-state index contributed by atoms with van der Waals surface area (Å²) in [5.74, 6) is 1.59. The van der Waals surface area contributed by atoms with Crippen LogP contribution in [0, 0.1) is 0 Å². The first-order chi connectivity index (χ1) is 8.99. The number of amides is 1. The van der Waals surface area contributed by atoms with Gasteiger partial charge >= 0.3 is 0 Å². The summed E-state index contributed by atoms with van der Waals surface area (Å²) >= 11 is 0. The van der Waals surface area contributed by atoms with Crippen LogP contribution in [-0.4, -0.2) is 25.7 Å². The van der Waals surface area contributed by atoms with Gasteiger partial charge in [0.1, 0.15) is 0 Å². The number of rotatable bonds is 3. The molecule has 0 spiro atoms. The second-order valence-corrected chi connectivity index (χ2v) is 5.51. The van der Waals surface area contributed by atoms with Gasteiger partial charge in [0.25, 0.3) is 0 Å². The maximum absolute atomic E-state index is 11.0. The van der Waals surface area contributed by atoms with E-state index in [-0.39, 0.29) is 11.3 Å². The second-order valence-electron chi connectivity index (χ2n) is 5.51. The van der Waals surface area contributed by atoms with Crippen molar-refractivity contribution in [2.75, 3.05) is 19.8 Å². The quantitative estimate of drug-likeness (QED) is 0.910. The highest BCUT2D eigenvalue weighted by Crippen LogP contribution is 2.34. The number of hydrogen-bond acceptors (Lipinski definition) is 3. The van der Waals surface area contributed by atoms with Gasteiger partial charge in [0.05, 0.1) is 13.2 Å². The first-order valence-corrected chi connectivity index (χ1v) is 6.63. The Morgan fingerprint density at radius 3 is 2.63 bits per heavy atom. The highest BCUT2D eigenvalue weighted by Gasteiger charge is 2.23. The minimum atomic E-state index is -0.142. The molecule has 2 rings (SSSR count). The maximum atomic E-state index is 11.0. The Morgan fingerprint density at radius 1 is 1.26 bits per heavy atom.